The van der Waals surface area contributed by atoms with E-state index in [2.05, 4.69) is 5.32 Å². The molecule has 0 bridgehead atoms. The van der Waals surface area contributed by atoms with Crippen molar-refractivity contribution >= 4 is 29.2 Å². The Balaban J connectivity index is 2.75. The van der Waals surface area contributed by atoms with Crippen molar-refractivity contribution in [3.05, 3.63) is 28.8 Å². The molecule has 0 atom stereocenters. The Bertz CT molecular complexity index is 501. The van der Waals surface area contributed by atoms with Crippen molar-refractivity contribution in [1.29, 1.82) is 0 Å². The number of anilines is 1. The number of nitrogens with two attached hydrogens (primary N) is 1. The lowest BCUT2D eigenvalue weighted by molar-refractivity contribution is -0.137. The number of benzene rings is 1. The minimum Gasteiger partial charge on any atom is -0.481 e. The summed E-state index contributed by atoms with van der Waals surface area (Å²) in [6.07, 6.45) is 0.323. The van der Waals surface area contributed by atoms with Crippen LogP contribution in [-0.4, -0.2) is 22.5 Å². The minimum absolute atomic E-state index is 0.0112. The predicted octanol–water partition coefficient (Wildman–Crippen LogP) is 2.30. The Morgan fingerprint density at radius 2 is 2.05 bits per heavy atom. The first-order valence-corrected chi connectivity index (χ1v) is 6.18. The fourth-order valence-electron chi connectivity index (χ4n) is 1.57. The molecule has 6 heteroatoms. The van der Waals surface area contributed by atoms with Gasteiger partial charge >= 0.3 is 5.97 Å². The molecular formula is C13H17ClN2O3. The van der Waals surface area contributed by atoms with Gasteiger partial charge in [0.2, 0.25) is 0 Å². The third kappa shape index (κ3) is 4.79. The van der Waals surface area contributed by atoms with Crippen LogP contribution >= 0.6 is 11.6 Å². The van der Waals surface area contributed by atoms with Crippen molar-refractivity contribution in [2.24, 2.45) is 0 Å². The van der Waals surface area contributed by atoms with Crippen LogP contribution in [-0.2, 0) is 4.79 Å². The molecule has 1 amide bonds. The maximum atomic E-state index is 12.1. The smallest absolute Gasteiger partial charge is 0.303 e. The van der Waals surface area contributed by atoms with Gasteiger partial charge < -0.3 is 16.2 Å². The summed E-state index contributed by atoms with van der Waals surface area (Å²) < 4.78 is 0. The highest BCUT2D eigenvalue weighted by molar-refractivity contribution is 6.34. The van der Waals surface area contributed by atoms with E-state index >= 15 is 0 Å². The number of aliphatic carboxylic acids is 1. The van der Waals surface area contributed by atoms with E-state index in [0.717, 1.165) is 0 Å². The maximum Gasteiger partial charge on any atom is 0.303 e. The van der Waals surface area contributed by atoms with Crippen LogP contribution in [0.1, 0.15) is 37.0 Å². The highest BCUT2D eigenvalue weighted by Crippen LogP contribution is 2.20. The van der Waals surface area contributed by atoms with Gasteiger partial charge in [0, 0.05) is 17.6 Å². The number of nitrogens with one attached hydrogen (secondary N) is 1. The van der Waals surface area contributed by atoms with Crippen LogP contribution in [0.4, 0.5) is 5.69 Å². The summed E-state index contributed by atoms with van der Waals surface area (Å²) >= 11 is 5.95. The molecule has 104 valence electrons. The minimum atomic E-state index is -0.896. The number of carboxylic acid groups (broad SMARTS) is 1. The van der Waals surface area contributed by atoms with E-state index in [9.17, 15) is 9.59 Å². The molecule has 0 spiro atoms. The summed E-state index contributed by atoms with van der Waals surface area (Å²) in [5.74, 6) is -1.24. The van der Waals surface area contributed by atoms with Crippen molar-refractivity contribution in [1.82, 2.24) is 5.32 Å². The SMILES string of the molecule is CC(C)(CCC(=O)O)NC(=O)c1ccc(N)cc1Cl. The van der Waals surface area contributed by atoms with Crippen LogP contribution in [0.3, 0.4) is 0 Å². The normalized spacial score (nSPS) is 11.1. The molecule has 1 aromatic rings. The molecule has 0 aliphatic carbocycles. The van der Waals surface area contributed by atoms with Crippen molar-refractivity contribution in [2.45, 2.75) is 32.2 Å². The lowest BCUT2D eigenvalue weighted by Gasteiger charge is -2.25. The largest absolute Gasteiger partial charge is 0.481 e. The Morgan fingerprint density at radius 1 is 1.42 bits per heavy atom. The van der Waals surface area contributed by atoms with Crippen LogP contribution in [0.5, 0.6) is 0 Å². The molecule has 0 aromatic heterocycles. The van der Waals surface area contributed by atoms with Gasteiger partial charge in [-0.3, -0.25) is 9.59 Å². The predicted molar refractivity (Wildman–Crippen MR) is 74.3 cm³/mol. The molecule has 0 heterocycles. The number of rotatable bonds is 5. The third-order valence-corrected chi connectivity index (χ3v) is 2.97. The molecular weight excluding hydrogens is 268 g/mol. The highest BCUT2D eigenvalue weighted by Gasteiger charge is 2.23. The first-order valence-electron chi connectivity index (χ1n) is 5.80. The molecule has 0 aliphatic heterocycles. The van der Waals surface area contributed by atoms with Crippen LogP contribution in [0.2, 0.25) is 5.02 Å². The first kappa shape index (κ1) is 15.3. The summed E-state index contributed by atoms with van der Waals surface area (Å²) in [5, 5.41) is 11.7. The number of hydrogen-bond acceptors (Lipinski definition) is 3. The third-order valence-electron chi connectivity index (χ3n) is 2.65. The van der Waals surface area contributed by atoms with E-state index < -0.39 is 11.5 Å². The van der Waals surface area contributed by atoms with Crippen molar-refractivity contribution < 1.29 is 14.7 Å². The lowest BCUT2D eigenvalue weighted by Crippen LogP contribution is -2.43. The van der Waals surface area contributed by atoms with E-state index in [1.807, 2.05) is 0 Å². The van der Waals surface area contributed by atoms with Gasteiger partial charge in [-0.2, -0.15) is 0 Å². The van der Waals surface area contributed by atoms with Crippen molar-refractivity contribution in [3.8, 4) is 0 Å². The molecule has 5 nitrogen and oxygen atoms in total. The molecule has 0 radical (unpaired) electrons. The van der Waals surface area contributed by atoms with Gasteiger partial charge in [-0.1, -0.05) is 11.6 Å². The van der Waals surface area contributed by atoms with Gasteiger partial charge in [0.05, 0.1) is 10.6 Å². The summed E-state index contributed by atoms with van der Waals surface area (Å²) in [7, 11) is 0. The lowest BCUT2D eigenvalue weighted by atomic mass is 9.97. The zero-order valence-corrected chi connectivity index (χ0v) is 11.6. The van der Waals surface area contributed by atoms with Gasteiger partial charge in [0.1, 0.15) is 0 Å². The van der Waals surface area contributed by atoms with E-state index in [1.54, 1.807) is 26.0 Å². The fourth-order valence-corrected chi connectivity index (χ4v) is 1.85. The zero-order chi connectivity index (χ0) is 14.6. The van der Waals surface area contributed by atoms with E-state index in [-0.39, 0.29) is 17.4 Å². The summed E-state index contributed by atoms with van der Waals surface area (Å²) in [6.45, 7) is 3.53. The molecule has 19 heavy (non-hydrogen) atoms. The molecule has 0 aliphatic rings. The quantitative estimate of drug-likeness (QED) is 0.723. The second-order valence-electron chi connectivity index (χ2n) is 4.97. The Labute approximate surface area is 116 Å². The highest BCUT2D eigenvalue weighted by atomic mass is 35.5. The number of halogens is 1. The van der Waals surface area contributed by atoms with Gasteiger partial charge in [-0.05, 0) is 38.5 Å². The monoisotopic (exact) mass is 284 g/mol. The Morgan fingerprint density at radius 3 is 2.58 bits per heavy atom. The van der Waals surface area contributed by atoms with Crippen LogP contribution in [0.25, 0.3) is 0 Å². The van der Waals surface area contributed by atoms with Crippen LogP contribution in [0, 0.1) is 0 Å². The van der Waals surface area contributed by atoms with Gasteiger partial charge in [-0.25, -0.2) is 0 Å². The molecule has 0 fully saturated rings. The molecule has 4 N–H and O–H groups in total. The number of amides is 1. The summed E-state index contributed by atoms with van der Waals surface area (Å²) in [5.41, 5.74) is 5.73. The Kier molecular flexibility index (Phi) is 4.78. The molecule has 0 saturated heterocycles. The van der Waals surface area contributed by atoms with E-state index in [4.69, 9.17) is 22.4 Å². The standard InChI is InChI=1S/C13H17ClN2O3/c1-13(2,6-5-11(17)18)16-12(19)9-4-3-8(15)7-10(9)14/h3-4,7H,5-6,15H2,1-2H3,(H,16,19)(H,17,18). The van der Waals surface area contributed by atoms with Gasteiger partial charge in [0.25, 0.3) is 5.91 Å². The van der Waals surface area contributed by atoms with Crippen molar-refractivity contribution in [2.75, 3.05) is 5.73 Å². The van der Waals surface area contributed by atoms with E-state index in [1.165, 1.54) is 6.07 Å². The van der Waals surface area contributed by atoms with Crippen molar-refractivity contribution in [3.63, 3.8) is 0 Å². The van der Waals surface area contributed by atoms with Crippen LogP contribution in [0.15, 0.2) is 18.2 Å². The molecule has 0 unspecified atom stereocenters. The average molecular weight is 285 g/mol. The second-order valence-corrected chi connectivity index (χ2v) is 5.38. The second kappa shape index (κ2) is 5.93. The summed E-state index contributed by atoms with van der Waals surface area (Å²) in [4.78, 5) is 22.6. The zero-order valence-electron chi connectivity index (χ0n) is 10.9. The summed E-state index contributed by atoms with van der Waals surface area (Å²) in [6, 6.07) is 4.63. The molecule has 0 saturated carbocycles. The number of carbonyl (C=O) groups excluding carboxylic acids is 1. The molecule has 1 rings (SSSR count). The average Bonchev–Trinajstić information content (AvgIpc) is 2.25. The topological polar surface area (TPSA) is 92.4 Å². The van der Waals surface area contributed by atoms with Crippen LogP contribution < -0.4 is 11.1 Å². The van der Waals surface area contributed by atoms with Gasteiger partial charge in [0.15, 0.2) is 0 Å². The molecule has 1 aromatic carbocycles. The first-order chi connectivity index (χ1) is 8.71. The maximum absolute atomic E-state index is 12.1. The fraction of sp³-hybridized carbons (Fsp3) is 0.385. The van der Waals surface area contributed by atoms with Gasteiger partial charge in [-0.15, -0.1) is 0 Å². The van der Waals surface area contributed by atoms with E-state index in [0.29, 0.717) is 17.7 Å². The number of carboxylic acids is 1. The Hall–Kier alpha value is -1.75. The number of nitrogen functional groups attached to an aromatic ring is 1. The number of hydrogen-bond donors (Lipinski definition) is 3. The number of carbonyl (C=O) groups is 2.